The van der Waals surface area contributed by atoms with Gasteiger partial charge in [-0.1, -0.05) is 20.3 Å². The van der Waals surface area contributed by atoms with E-state index in [9.17, 15) is 19.4 Å². The van der Waals surface area contributed by atoms with Gasteiger partial charge in [0, 0.05) is 6.42 Å². The zero-order chi connectivity index (χ0) is 22.9. The number of ether oxygens (including phenoxy) is 3. The van der Waals surface area contributed by atoms with Gasteiger partial charge in [-0.3, -0.25) is 9.36 Å². The minimum Gasteiger partial charge on any atom is -0.862 e. The maximum absolute atomic E-state index is 12.2. The molecule has 4 rings (SSSR count). The molecule has 2 saturated heterocycles. The molecule has 0 amide bonds. The summed E-state index contributed by atoms with van der Waals surface area (Å²) in [6.45, 7) is 3.67. The maximum Gasteiger partial charge on any atom is 2.00 e. The topological polar surface area (TPSA) is 173 Å². The van der Waals surface area contributed by atoms with Crippen LogP contribution in [0.1, 0.15) is 45.8 Å². The molecule has 2 aromatic rings. The Balaban J connectivity index is 0.00000306. The van der Waals surface area contributed by atoms with Crippen molar-refractivity contribution in [1.82, 2.24) is 19.5 Å². The molecule has 2 fully saturated rings. The van der Waals surface area contributed by atoms with E-state index in [0.29, 0.717) is 12.8 Å². The summed E-state index contributed by atoms with van der Waals surface area (Å²) in [5, 5.41) is 12.0. The van der Waals surface area contributed by atoms with Crippen molar-refractivity contribution < 1.29 is 38.1 Å². The van der Waals surface area contributed by atoms with E-state index in [1.54, 1.807) is 0 Å². The van der Waals surface area contributed by atoms with E-state index in [0.717, 1.165) is 0 Å². The summed E-state index contributed by atoms with van der Waals surface area (Å²) < 4.78 is 35.2. The summed E-state index contributed by atoms with van der Waals surface area (Å²) in [6, 6.07) is 0. The summed E-state index contributed by atoms with van der Waals surface area (Å²) in [7, 11) is -4.28. The largest absolute Gasteiger partial charge is 2.00 e. The number of hydrogen-bond donors (Lipinski definition) is 0. The number of carbonyl (C=O) groups is 1. The van der Waals surface area contributed by atoms with Gasteiger partial charge >= 0.3 is 43.7 Å². The van der Waals surface area contributed by atoms with E-state index < -0.39 is 44.6 Å². The first-order chi connectivity index (χ1) is 15.3. The molecule has 0 N–H and O–H groups in total. The second-order valence-electron chi connectivity index (χ2n) is 7.35. The van der Waals surface area contributed by atoms with Crippen LogP contribution in [0, 0.1) is 0 Å². The van der Waals surface area contributed by atoms with Crippen molar-refractivity contribution >= 4 is 74.2 Å². The number of rotatable bonds is 7. The second kappa shape index (κ2) is 11.0. The smallest absolute Gasteiger partial charge is 0.862 e. The molecule has 174 valence electrons. The van der Waals surface area contributed by atoms with Crippen LogP contribution in [0.15, 0.2) is 17.6 Å². The van der Waals surface area contributed by atoms with Crippen LogP contribution in [0.4, 0.5) is 5.82 Å². The van der Waals surface area contributed by atoms with Crippen molar-refractivity contribution in [2.75, 3.05) is 6.35 Å². The molecule has 15 heteroatoms. The van der Waals surface area contributed by atoms with Gasteiger partial charge in [-0.05, 0) is 18.7 Å². The minimum atomic E-state index is -4.28. The van der Waals surface area contributed by atoms with E-state index in [2.05, 4.69) is 19.9 Å². The van der Waals surface area contributed by atoms with Gasteiger partial charge in [-0.2, -0.15) is 0 Å². The van der Waals surface area contributed by atoms with Crippen LogP contribution in [0.25, 0.3) is 11.2 Å². The number of nitrogens with zero attached hydrogens (tertiary/aromatic N) is 5. The molecule has 5 unspecified atom stereocenters. The third-order valence-electron chi connectivity index (χ3n) is 4.86. The molecule has 0 spiro atoms. The Kier molecular flexibility index (Phi) is 8.84. The van der Waals surface area contributed by atoms with Crippen molar-refractivity contribution in [3.63, 3.8) is 0 Å². The molecule has 0 bridgehead atoms. The van der Waals surface area contributed by atoms with Crippen LogP contribution in [0.5, 0.6) is 0 Å². The van der Waals surface area contributed by atoms with Gasteiger partial charge < -0.3 is 33.3 Å². The van der Waals surface area contributed by atoms with Crippen molar-refractivity contribution in [1.29, 1.82) is 0 Å². The average molecular weight is 507 g/mol. The van der Waals surface area contributed by atoms with Gasteiger partial charge in [-0.15, -0.1) is 0 Å². The zero-order valence-corrected chi connectivity index (χ0v) is 21.3. The first kappa shape index (κ1) is 26.4. The molecular formula is C18H22CaN5O8P. The van der Waals surface area contributed by atoms with Gasteiger partial charge in [0.1, 0.15) is 12.7 Å². The molecule has 0 aliphatic carbocycles. The number of aliphatic imine (C=N–C) groups is 1. The summed E-state index contributed by atoms with van der Waals surface area (Å²) >= 11 is 0. The molecule has 0 radical (unpaired) electrons. The van der Waals surface area contributed by atoms with Crippen molar-refractivity contribution in [3.05, 3.63) is 12.7 Å². The number of aromatic nitrogens is 4. The third kappa shape index (κ3) is 5.73. The maximum atomic E-state index is 12.2. The number of carbonyl (C=O) groups excluding carboxylic acids is 1. The Morgan fingerprint density at radius 3 is 2.79 bits per heavy atom. The van der Waals surface area contributed by atoms with Gasteiger partial charge in [0.15, 0.2) is 49.3 Å². The van der Waals surface area contributed by atoms with Crippen molar-refractivity contribution in [2.45, 2.75) is 64.3 Å². The molecule has 2 aromatic heterocycles. The second-order valence-corrected chi connectivity index (χ2v) is 9.04. The van der Waals surface area contributed by atoms with Gasteiger partial charge in [0.2, 0.25) is 0 Å². The molecule has 0 saturated carbocycles. The van der Waals surface area contributed by atoms with Crippen molar-refractivity contribution in [3.8, 4) is 0 Å². The standard InChI is InChI=1S/C18H24N5O8P.Ca/c1-3-5-10(24)22-15-12-16(20-7-19-15)23(8-21-12)17-13(29-11(25)6-4-2)14-18(30-17)28-9-32(26,27)31-14;/h7-8,13-14,17-18H,3-6,9H2,1-2H3,(H,26,27)(H,19,20,22,24);/q;+2/p-2. The number of imidazole rings is 1. The van der Waals surface area contributed by atoms with Gasteiger partial charge in [0.05, 0.1) is 6.33 Å². The van der Waals surface area contributed by atoms with E-state index in [-0.39, 0.29) is 73.5 Å². The van der Waals surface area contributed by atoms with Crippen LogP contribution < -0.4 is 10.00 Å². The van der Waals surface area contributed by atoms with E-state index >= 15 is 0 Å². The minimum absolute atomic E-state index is 0. The third-order valence-corrected chi connectivity index (χ3v) is 5.89. The van der Waals surface area contributed by atoms with Crippen LogP contribution in [0.2, 0.25) is 0 Å². The van der Waals surface area contributed by atoms with Crippen LogP contribution in [0.3, 0.4) is 0 Å². The summed E-state index contributed by atoms with van der Waals surface area (Å²) in [5.74, 6) is -0.787. The van der Waals surface area contributed by atoms with Crippen molar-refractivity contribution in [2.24, 2.45) is 4.99 Å². The summed E-state index contributed by atoms with van der Waals surface area (Å²) in [4.78, 5) is 40.6. The summed E-state index contributed by atoms with van der Waals surface area (Å²) in [5.41, 5.74) is 0.499. The molecular weight excluding hydrogens is 485 g/mol. The molecule has 2 aliphatic rings. The fourth-order valence-corrected chi connectivity index (χ4v) is 4.47. The molecule has 5 atom stereocenters. The quantitative estimate of drug-likeness (QED) is 0.164. The van der Waals surface area contributed by atoms with Crippen LogP contribution in [-0.2, 0) is 28.1 Å². The first-order valence-corrected chi connectivity index (χ1v) is 11.9. The van der Waals surface area contributed by atoms with Gasteiger partial charge in [-0.25, -0.2) is 19.9 Å². The zero-order valence-electron chi connectivity index (χ0n) is 18.2. The molecule has 13 nitrogen and oxygen atoms in total. The molecule has 0 aromatic carbocycles. The Morgan fingerprint density at radius 1 is 1.30 bits per heavy atom. The normalized spacial score (nSPS) is 29.5. The van der Waals surface area contributed by atoms with E-state index in [1.165, 1.54) is 17.2 Å². The predicted octanol–water partition coefficient (Wildman–Crippen LogP) is 0.129. The SMILES string of the molecule is CCCC(=O)OC1C2OP(=O)([O-])COC2OC1n1cnc2c(/N=C(\[O-])CCC)ncnc21.[Ca+2]. The Hall–Kier alpha value is -1.18. The number of fused-ring (bicyclic) bond motifs is 2. The first-order valence-electron chi connectivity index (χ1n) is 10.2. The van der Waals surface area contributed by atoms with E-state index in [4.69, 9.17) is 18.7 Å². The van der Waals surface area contributed by atoms with E-state index in [1.807, 2.05) is 13.8 Å². The van der Waals surface area contributed by atoms with Crippen LogP contribution in [-0.4, -0.2) is 94.0 Å². The Morgan fingerprint density at radius 2 is 2.06 bits per heavy atom. The molecule has 4 heterocycles. The predicted molar refractivity (Wildman–Crippen MR) is 110 cm³/mol. The number of esters is 1. The summed E-state index contributed by atoms with van der Waals surface area (Å²) in [6.07, 6.45) is -0.951. The Bertz CT molecular complexity index is 1080. The van der Waals surface area contributed by atoms with Gasteiger partial charge in [0.25, 0.3) is 0 Å². The fraction of sp³-hybridized carbons (Fsp3) is 0.611. The monoisotopic (exact) mass is 507 g/mol. The van der Waals surface area contributed by atoms with Crippen LogP contribution >= 0.6 is 7.60 Å². The molecule has 33 heavy (non-hydrogen) atoms. The Labute approximate surface area is 219 Å². The molecule has 2 aliphatic heterocycles. The number of hydrogen-bond acceptors (Lipinski definition) is 12. The average Bonchev–Trinajstić information content (AvgIpc) is 3.30. The fourth-order valence-electron chi connectivity index (χ4n) is 3.49.